The van der Waals surface area contributed by atoms with Crippen molar-refractivity contribution >= 4 is 17.7 Å². The first-order chi connectivity index (χ1) is 32.8. The van der Waals surface area contributed by atoms with Crippen LogP contribution >= 0.6 is 0 Å². The zero-order chi connectivity index (χ0) is 49.0. The molecule has 0 aromatic rings. The lowest BCUT2D eigenvalue weighted by atomic mass is 9.84. The lowest BCUT2D eigenvalue weighted by molar-refractivity contribution is -0.573. The van der Waals surface area contributed by atoms with Gasteiger partial charge in [0.05, 0.1) is 0 Å². The Labute approximate surface area is 415 Å². The van der Waals surface area contributed by atoms with Crippen molar-refractivity contribution in [2.75, 3.05) is 19.6 Å². The van der Waals surface area contributed by atoms with Gasteiger partial charge in [0.1, 0.15) is 0 Å². The molecule has 0 atom stereocenters. The highest BCUT2D eigenvalue weighted by molar-refractivity contribution is 5.77. The number of carbonyl (C=O) groups is 3. The predicted octanol–water partition coefficient (Wildman–Crippen LogP) is 17.1. The fourth-order valence-electron chi connectivity index (χ4n) is 9.59. The summed E-state index contributed by atoms with van der Waals surface area (Å²) in [6.45, 7) is 8.52. The molecule has 9 heteroatoms. The van der Waals surface area contributed by atoms with Crippen molar-refractivity contribution in [3.63, 3.8) is 0 Å². The van der Waals surface area contributed by atoms with Crippen LogP contribution in [-0.2, 0) is 14.4 Å². The minimum Gasteiger partial charge on any atom is -0.356 e. The van der Waals surface area contributed by atoms with Gasteiger partial charge in [0.2, 0.25) is 23.3 Å². The molecule has 0 radical (unpaired) electrons. The van der Waals surface area contributed by atoms with Gasteiger partial charge in [0.15, 0.2) is 0 Å². The summed E-state index contributed by atoms with van der Waals surface area (Å²) >= 11 is 0. The van der Waals surface area contributed by atoms with Gasteiger partial charge in [0.25, 0.3) is 0 Å². The standard InChI is InChI=1S/C58H114N4O5/c1-4-7-10-13-16-19-22-25-28-31-34-37-40-43-52-59-55(63)46-49-58(62(66)67,50-47-56(64)60-53-44-41-38-35-32-29-26-23-20-17-14-11-8-5-2)51-48-57(65)61-54-45-42-39-36-33-30-27-24-21-18-15-12-9-6-3/h4-54H2,1-3H3,(H,59,63)(H,60,64)(H,61,65). The number of nitro groups is 1. The normalized spacial score (nSPS) is 11.6. The number of nitrogens with zero attached hydrogens (tertiary/aromatic N) is 1. The Morgan fingerprint density at radius 2 is 0.478 bits per heavy atom. The average Bonchev–Trinajstić information content (AvgIpc) is 3.32. The van der Waals surface area contributed by atoms with E-state index in [1.165, 1.54) is 231 Å². The third-order valence-corrected chi connectivity index (χ3v) is 14.4. The van der Waals surface area contributed by atoms with Gasteiger partial charge in [-0.15, -0.1) is 0 Å². The highest BCUT2D eigenvalue weighted by Gasteiger charge is 2.43. The van der Waals surface area contributed by atoms with Gasteiger partial charge < -0.3 is 16.0 Å². The van der Waals surface area contributed by atoms with Crippen molar-refractivity contribution in [3.05, 3.63) is 10.1 Å². The van der Waals surface area contributed by atoms with Gasteiger partial charge in [-0.1, -0.05) is 271 Å². The third kappa shape index (κ3) is 46.0. The zero-order valence-corrected chi connectivity index (χ0v) is 45.1. The van der Waals surface area contributed by atoms with E-state index in [9.17, 15) is 24.5 Å². The molecule has 67 heavy (non-hydrogen) atoms. The van der Waals surface area contributed by atoms with Gasteiger partial charge in [-0.25, -0.2) is 0 Å². The molecule has 0 aromatic carbocycles. The quantitative estimate of drug-likeness (QED) is 0.0318. The van der Waals surface area contributed by atoms with Gasteiger partial charge in [0, 0.05) is 63.1 Å². The van der Waals surface area contributed by atoms with Crippen molar-refractivity contribution < 1.29 is 19.3 Å². The second-order valence-electron chi connectivity index (χ2n) is 20.8. The minimum atomic E-state index is -1.51. The molecule has 396 valence electrons. The SMILES string of the molecule is CCCCCCCCCCCCCCCCNC(=O)CCC(CCC(=O)NCCCCCCCCCCCCCCCC)(CCC(=O)NCCCCCCCCCCCCCCCC)[N+](=O)[O-]. The smallest absolute Gasteiger partial charge is 0.223 e. The van der Waals surface area contributed by atoms with Gasteiger partial charge in [-0.3, -0.25) is 24.5 Å². The first kappa shape index (κ1) is 64.8. The van der Waals surface area contributed by atoms with Crippen LogP contribution in [0, 0.1) is 10.1 Å². The number of nitrogens with one attached hydrogen (secondary N) is 3. The largest absolute Gasteiger partial charge is 0.356 e. The summed E-state index contributed by atoms with van der Waals surface area (Å²) in [5.41, 5.74) is -1.51. The predicted molar refractivity (Wildman–Crippen MR) is 287 cm³/mol. The van der Waals surface area contributed by atoms with E-state index in [1.54, 1.807) is 0 Å². The lowest BCUT2D eigenvalue weighted by Gasteiger charge is -2.25. The van der Waals surface area contributed by atoms with Crippen LogP contribution < -0.4 is 16.0 Å². The lowest BCUT2D eigenvalue weighted by Crippen LogP contribution is -2.42. The maximum absolute atomic E-state index is 13.0. The summed E-state index contributed by atoms with van der Waals surface area (Å²) in [6, 6.07) is 0. The minimum absolute atomic E-state index is 0.0148. The Kier molecular flexibility index (Phi) is 50.0. The van der Waals surface area contributed by atoms with E-state index in [0.29, 0.717) is 19.6 Å². The first-order valence-corrected chi connectivity index (χ1v) is 29.8. The Morgan fingerprint density at radius 3 is 0.642 bits per heavy atom. The molecule has 3 amide bonds. The maximum atomic E-state index is 13.0. The van der Waals surface area contributed by atoms with Crippen molar-refractivity contribution in [2.24, 2.45) is 0 Å². The molecule has 0 heterocycles. The molecular formula is C58H114N4O5. The van der Waals surface area contributed by atoms with Crippen LogP contribution in [0.25, 0.3) is 0 Å². The van der Waals surface area contributed by atoms with Crippen molar-refractivity contribution in [1.82, 2.24) is 16.0 Å². The second kappa shape index (κ2) is 51.7. The molecular weight excluding hydrogens is 833 g/mol. The molecule has 0 bridgehead atoms. The zero-order valence-electron chi connectivity index (χ0n) is 45.1. The molecule has 0 rings (SSSR count). The molecule has 0 fully saturated rings. The number of unbranched alkanes of at least 4 members (excludes halogenated alkanes) is 39. The van der Waals surface area contributed by atoms with Crippen molar-refractivity contribution in [1.29, 1.82) is 0 Å². The van der Waals surface area contributed by atoms with Crippen molar-refractivity contribution in [2.45, 2.75) is 335 Å². The highest BCUT2D eigenvalue weighted by Crippen LogP contribution is 2.29. The van der Waals surface area contributed by atoms with E-state index in [4.69, 9.17) is 0 Å². The van der Waals surface area contributed by atoms with E-state index in [-0.39, 0.29) is 61.2 Å². The Morgan fingerprint density at radius 1 is 0.313 bits per heavy atom. The van der Waals surface area contributed by atoms with Crippen molar-refractivity contribution in [3.8, 4) is 0 Å². The fourth-order valence-corrected chi connectivity index (χ4v) is 9.59. The summed E-state index contributed by atoms with van der Waals surface area (Å²) in [7, 11) is 0. The molecule has 0 spiro atoms. The average molecular weight is 948 g/mol. The molecule has 0 unspecified atom stereocenters. The topological polar surface area (TPSA) is 130 Å². The Balaban J connectivity index is 4.65. The van der Waals surface area contributed by atoms with E-state index < -0.39 is 5.54 Å². The highest BCUT2D eigenvalue weighted by atomic mass is 16.6. The molecule has 0 aliphatic heterocycles. The number of carbonyl (C=O) groups excluding carboxylic acids is 3. The monoisotopic (exact) mass is 947 g/mol. The molecule has 3 N–H and O–H groups in total. The van der Waals surface area contributed by atoms with Crippen LogP contribution in [0.15, 0.2) is 0 Å². The van der Waals surface area contributed by atoms with Crippen LogP contribution in [-0.4, -0.2) is 47.8 Å². The van der Waals surface area contributed by atoms with Crippen LogP contribution in [0.4, 0.5) is 0 Å². The summed E-state index contributed by atoms with van der Waals surface area (Å²) in [6.07, 6.45) is 53.7. The Bertz CT molecular complexity index is 981. The van der Waals surface area contributed by atoms with E-state index in [1.807, 2.05) is 0 Å². The Hall–Kier alpha value is -2.19. The van der Waals surface area contributed by atoms with Crippen LogP contribution in [0.2, 0.25) is 0 Å². The maximum Gasteiger partial charge on any atom is 0.223 e. The number of rotatable bonds is 55. The molecule has 0 saturated carbocycles. The molecule has 0 saturated heterocycles. The van der Waals surface area contributed by atoms with Crippen LogP contribution in [0.3, 0.4) is 0 Å². The summed E-state index contributed by atoms with van der Waals surface area (Å²) in [5, 5.41) is 21.8. The molecule has 9 nitrogen and oxygen atoms in total. The van der Waals surface area contributed by atoms with E-state index >= 15 is 0 Å². The molecule has 0 aromatic heterocycles. The summed E-state index contributed by atoms with van der Waals surface area (Å²) in [4.78, 5) is 51.4. The van der Waals surface area contributed by atoms with Gasteiger partial charge in [-0.2, -0.15) is 0 Å². The molecule has 0 aliphatic rings. The summed E-state index contributed by atoms with van der Waals surface area (Å²) < 4.78 is 0. The first-order valence-electron chi connectivity index (χ1n) is 29.8. The van der Waals surface area contributed by atoms with Gasteiger partial charge >= 0.3 is 0 Å². The molecule has 0 aliphatic carbocycles. The van der Waals surface area contributed by atoms with E-state index in [2.05, 4.69) is 36.7 Å². The van der Waals surface area contributed by atoms with Gasteiger partial charge in [-0.05, 0) is 19.3 Å². The summed E-state index contributed by atoms with van der Waals surface area (Å²) in [5.74, 6) is -0.568. The number of amides is 3. The third-order valence-electron chi connectivity index (χ3n) is 14.4. The van der Waals surface area contributed by atoms with Crippen LogP contribution in [0.1, 0.15) is 329 Å². The van der Waals surface area contributed by atoms with Crippen LogP contribution in [0.5, 0.6) is 0 Å². The van der Waals surface area contributed by atoms with E-state index in [0.717, 1.165) is 38.5 Å². The number of hydrogen-bond donors (Lipinski definition) is 3. The fraction of sp³-hybridized carbons (Fsp3) is 0.948. The second-order valence-corrected chi connectivity index (χ2v) is 20.8. The number of hydrogen-bond acceptors (Lipinski definition) is 5.